The van der Waals surface area contributed by atoms with Gasteiger partial charge in [-0.3, -0.25) is 9.59 Å². The van der Waals surface area contributed by atoms with Gasteiger partial charge < -0.3 is 28.6 Å². The third-order valence-corrected chi connectivity index (χ3v) is 12.6. The van der Waals surface area contributed by atoms with E-state index in [4.69, 9.17) is 14.2 Å². The van der Waals surface area contributed by atoms with Crippen molar-refractivity contribution in [1.82, 2.24) is 0 Å². The summed E-state index contributed by atoms with van der Waals surface area (Å²) in [5, 5.41) is 11.7. The van der Waals surface area contributed by atoms with Crippen molar-refractivity contribution in [3.8, 4) is 0 Å². The first-order valence-corrected chi connectivity index (χ1v) is 27.4. The highest BCUT2D eigenvalue weighted by Gasteiger charge is 2.25. The van der Waals surface area contributed by atoms with Crippen LogP contribution >= 0.6 is 0 Å². The Balaban J connectivity index is 4.19. The Kier molecular flexibility index (Phi) is 45.7. The van der Waals surface area contributed by atoms with Crippen LogP contribution in [0.1, 0.15) is 264 Å². The molecule has 0 aromatic rings. The molecule has 0 N–H and O–H groups in total. The van der Waals surface area contributed by atoms with Crippen molar-refractivity contribution in [2.75, 3.05) is 41.0 Å². The van der Waals surface area contributed by atoms with Crippen LogP contribution in [0.2, 0.25) is 0 Å². The van der Waals surface area contributed by atoms with Crippen LogP contribution in [0.3, 0.4) is 0 Å². The van der Waals surface area contributed by atoms with Gasteiger partial charge in [0.2, 0.25) is 0 Å². The van der Waals surface area contributed by atoms with Gasteiger partial charge in [-0.05, 0) is 44.9 Å². The molecule has 0 fully saturated rings. The number of likely N-dealkylation sites (N-methyl/N-ethyl adjacent to an activating group) is 1. The number of carboxylic acid groups (broad SMARTS) is 1. The second-order valence-corrected chi connectivity index (χ2v) is 19.8. The summed E-state index contributed by atoms with van der Waals surface area (Å²) < 4.78 is 17.3. The lowest BCUT2D eigenvalue weighted by Crippen LogP contribution is -2.55. The summed E-state index contributed by atoms with van der Waals surface area (Å²) in [4.78, 5) is 37.1. The normalized spacial score (nSPS) is 13.0. The SMILES string of the molecule is CCCCCCC/C=C\C/C=C\CCCCCCCCCCCC(=O)OC(COCCC(C(=O)[O-])[N+](C)(C)C)COC(=O)CCCCCCCCCCCCCCCCCCCCC. The number of nitrogens with zero attached hydrogens (tertiary/aromatic N) is 1. The zero-order valence-corrected chi connectivity index (χ0v) is 43.0. The molecule has 0 aliphatic heterocycles. The van der Waals surface area contributed by atoms with Crippen LogP contribution in [-0.2, 0) is 28.6 Å². The van der Waals surface area contributed by atoms with Crippen molar-refractivity contribution in [1.29, 1.82) is 0 Å². The zero-order chi connectivity index (χ0) is 47.0. The van der Waals surface area contributed by atoms with Crippen LogP contribution in [0, 0.1) is 0 Å². The molecule has 8 nitrogen and oxygen atoms in total. The molecule has 64 heavy (non-hydrogen) atoms. The molecule has 2 unspecified atom stereocenters. The van der Waals surface area contributed by atoms with Gasteiger partial charge in [0.1, 0.15) is 12.6 Å². The fraction of sp³-hybridized carbons (Fsp3) is 0.875. The highest BCUT2D eigenvalue weighted by molar-refractivity contribution is 5.70. The van der Waals surface area contributed by atoms with E-state index in [1.165, 1.54) is 186 Å². The van der Waals surface area contributed by atoms with Gasteiger partial charge >= 0.3 is 11.9 Å². The fourth-order valence-corrected chi connectivity index (χ4v) is 8.34. The number of carbonyl (C=O) groups excluding carboxylic acids is 3. The van der Waals surface area contributed by atoms with E-state index in [0.717, 1.165) is 44.9 Å². The van der Waals surface area contributed by atoms with Crippen molar-refractivity contribution in [2.45, 2.75) is 276 Å². The molecular formula is C56H105NO7. The molecule has 0 aromatic carbocycles. The monoisotopic (exact) mass is 904 g/mol. The van der Waals surface area contributed by atoms with Crippen molar-refractivity contribution < 1.29 is 38.2 Å². The second kappa shape index (κ2) is 47.3. The minimum absolute atomic E-state index is 0.0438. The zero-order valence-electron chi connectivity index (χ0n) is 43.0. The summed E-state index contributed by atoms with van der Waals surface area (Å²) in [6, 6.07) is -0.724. The number of unbranched alkanes of at least 4 members (excludes halogenated alkanes) is 32. The molecule has 8 heteroatoms. The predicted molar refractivity (Wildman–Crippen MR) is 268 cm³/mol. The average molecular weight is 904 g/mol. The first kappa shape index (κ1) is 61.8. The molecule has 0 saturated heterocycles. The molecule has 0 spiro atoms. The number of rotatable bonds is 50. The van der Waals surface area contributed by atoms with Crippen molar-refractivity contribution in [2.24, 2.45) is 0 Å². The quantitative estimate of drug-likeness (QED) is 0.0259. The van der Waals surface area contributed by atoms with Crippen LogP contribution in [0.15, 0.2) is 24.3 Å². The van der Waals surface area contributed by atoms with E-state index in [2.05, 4.69) is 38.2 Å². The van der Waals surface area contributed by atoms with Gasteiger partial charge in [0.25, 0.3) is 0 Å². The molecule has 0 saturated carbocycles. The second-order valence-electron chi connectivity index (χ2n) is 19.8. The molecule has 0 amide bonds. The fourth-order valence-electron chi connectivity index (χ4n) is 8.34. The molecule has 0 heterocycles. The maximum atomic E-state index is 12.8. The molecule has 0 aliphatic carbocycles. The van der Waals surface area contributed by atoms with Gasteiger partial charge in [-0.1, -0.05) is 224 Å². The number of aliphatic carboxylic acids is 1. The first-order chi connectivity index (χ1) is 31.1. The lowest BCUT2D eigenvalue weighted by atomic mass is 10.0. The molecular weight excluding hydrogens is 799 g/mol. The third kappa shape index (κ3) is 45.0. The smallest absolute Gasteiger partial charge is 0.306 e. The third-order valence-electron chi connectivity index (χ3n) is 12.6. The lowest BCUT2D eigenvalue weighted by molar-refractivity contribution is -0.889. The summed E-state index contributed by atoms with van der Waals surface area (Å²) >= 11 is 0. The highest BCUT2D eigenvalue weighted by atomic mass is 16.6. The van der Waals surface area contributed by atoms with Gasteiger partial charge in [0.15, 0.2) is 6.10 Å². The largest absolute Gasteiger partial charge is 0.544 e. The van der Waals surface area contributed by atoms with E-state index in [1.54, 1.807) is 0 Å². The number of hydrogen-bond acceptors (Lipinski definition) is 7. The van der Waals surface area contributed by atoms with E-state index in [9.17, 15) is 19.5 Å². The maximum absolute atomic E-state index is 12.8. The Bertz CT molecular complexity index is 1100. The number of quaternary nitrogens is 1. The van der Waals surface area contributed by atoms with Crippen LogP contribution in [0.4, 0.5) is 0 Å². The summed E-state index contributed by atoms with van der Waals surface area (Å²) in [6.45, 7) is 4.70. The van der Waals surface area contributed by atoms with Gasteiger partial charge in [0.05, 0.1) is 40.3 Å². The molecule has 376 valence electrons. The average Bonchev–Trinajstić information content (AvgIpc) is 3.26. The van der Waals surface area contributed by atoms with Gasteiger partial charge in [0, 0.05) is 19.3 Å². The summed E-state index contributed by atoms with van der Waals surface area (Å²) in [5.74, 6) is -1.72. The summed E-state index contributed by atoms with van der Waals surface area (Å²) in [7, 11) is 5.43. The molecule has 0 rings (SSSR count). The van der Waals surface area contributed by atoms with E-state index >= 15 is 0 Å². The van der Waals surface area contributed by atoms with Crippen LogP contribution in [-0.4, -0.2) is 75.5 Å². The molecule has 0 bridgehead atoms. The Morgan fingerprint density at radius 1 is 0.469 bits per heavy atom. The number of ether oxygens (including phenoxy) is 3. The van der Waals surface area contributed by atoms with Crippen LogP contribution in [0.5, 0.6) is 0 Å². The van der Waals surface area contributed by atoms with E-state index in [1.807, 2.05) is 21.1 Å². The Morgan fingerprint density at radius 3 is 1.20 bits per heavy atom. The standard InChI is InChI=1S/C56H105NO7/c1-6-8-10-12-14-16-18-20-22-24-26-27-29-31-33-35-37-39-41-43-45-47-55(59)64-52(50-62-49-48-53(56(60)61)57(3,4)5)51-63-54(58)46-44-42-40-38-36-34-32-30-28-25-23-21-19-17-15-13-11-9-7-2/h18,20,24,26,52-53H,6-17,19,21-23,25,27-51H2,1-5H3/b20-18-,26-24-. The van der Waals surface area contributed by atoms with Gasteiger partial charge in [-0.25, -0.2) is 0 Å². The molecule has 0 radical (unpaired) electrons. The van der Waals surface area contributed by atoms with Crippen LogP contribution in [0.25, 0.3) is 0 Å². The van der Waals surface area contributed by atoms with E-state index in [-0.39, 0.29) is 42.7 Å². The number of carbonyl (C=O) groups is 3. The lowest BCUT2D eigenvalue weighted by Gasteiger charge is -2.34. The predicted octanol–water partition coefficient (Wildman–Crippen LogP) is 14.6. The van der Waals surface area contributed by atoms with Crippen molar-refractivity contribution in [3.05, 3.63) is 24.3 Å². The minimum atomic E-state index is -1.12. The number of hydrogen-bond donors (Lipinski definition) is 0. The Hall–Kier alpha value is -2.19. The number of allylic oxidation sites excluding steroid dienone is 4. The molecule has 0 aromatic heterocycles. The summed E-state index contributed by atoms with van der Waals surface area (Å²) in [5.41, 5.74) is 0. The number of esters is 2. The van der Waals surface area contributed by atoms with Crippen LogP contribution < -0.4 is 5.11 Å². The van der Waals surface area contributed by atoms with Gasteiger partial charge in [-0.2, -0.15) is 0 Å². The minimum Gasteiger partial charge on any atom is -0.544 e. The van der Waals surface area contributed by atoms with E-state index < -0.39 is 18.1 Å². The first-order valence-electron chi connectivity index (χ1n) is 27.4. The van der Waals surface area contributed by atoms with Gasteiger partial charge in [-0.15, -0.1) is 0 Å². The summed E-state index contributed by atoms with van der Waals surface area (Å²) in [6.07, 6.45) is 54.9. The maximum Gasteiger partial charge on any atom is 0.306 e. The van der Waals surface area contributed by atoms with Crippen molar-refractivity contribution in [3.63, 3.8) is 0 Å². The Labute approximate surface area is 396 Å². The Morgan fingerprint density at radius 2 is 0.828 bits per heavy atom. The molecule has 2 atom stereocenters. The number of carboxylic acids is 1. The van der Waals surface area contributed by atoms with E-state index in [0.29, 0.717) is 12.8 Å². The molecule has 0 aliphatic rings. The topological polar surface area (TPSA) is 102 Å². The highest BCUT2D eigenvalue weighted by Crippen LogP contribution is 2.17. The van der Waals surface area contributed by atoms with Crippen molar-refractivity contribution >= 4 is 17.9 Å².